The van der Waals surface area contributed by atoms with Crippen molar-refractivity contribution in [2.75, 3.05) is 13.1 Å². The van der Waals surface area contributed by atoms with Gasteiger partial charge in [0.2, 0.25) is 5.91 Å². The monoisotopic (exact) mass is 456 g/mol. The van der Waals surface area contributed by atoms with Crippen molar-refractivity contribution in [2.24, 2.45) is 11.7 Å². The molecule has 5 rings (SSSR count). The van der Waals surface area contributed by atoms with Gasteiger partial charge in [0.25, 0.3) is 5.91 Å². The number of imidazole rings is 1. The van der Waals surface area contributed by atoms with Crippen LogP contribution in [-0.2, 0) is 11.3 Å². The normalized spacial score (nSPS) is 19.5. The predicted molar refractivity (Wildman–Crippen MR) is 130 cm³/mol. The number of benzene rings is 2. The Morgan fingerprint density at radius 3 is 2.47 bits per heavy atom. The van der Waals surface area contributed by atoms with Gasteiger partial charge in [-0.1, -0.05) is 24.8 Å². The van der Waals surface area contributed by atoms with Crippen LogP contribution in [-0.4, -0.2) is 39.4 Å². The van der Waals surface area contributed by atoms with Crippen LogP contribution in [0.3, 0.4) is 0 Å². The lowest BCUT2D eigenvalue weighted by atomic mass is 9.85. The first-order valence-corrected chi connectivity index (χ1v) is 11.7. The van der Waals surface area contributed by atoms with Gasteiger partial charge >= 0.3 is 0 Å². The molecular weight excluding hydrogens is 428 g/mol. The van der Waals surface area contributed by atoms with Crippen LogP contribution in [0.15, 0.2) is 67.3 Å². The molecular formula is C27H28N4O3. The van der Waals surface area contributed by atoms with Crippen LogP contribution in [0, 0.1) is 5.92 Å². The first-order chi connectivity index (χ1) is 16.5. The van der Waals surface area contributed by atoms with Gasteiger partial charge in [-0.25, -0.2) is 4.98 Å². The highest BCUT2D eigenvalue weighted by atomic mass is 16.5. The molecule has 2 unspecified atom stereocenters. The molecule has 7 nitrogen and oxygen atoms in total. The van der Waals surface area contributed by atoms with E-state index in [0.717, 1.165) is 42.9 Å². The van der Waals surface area contributed by atoms with Crippen molar-refractivity contribution in [1.82, 2.24) is 14.5 Å². The molecule has 2 N–H and O–H groups in total. The number of nitrogens with two attached hydrogens (primary N) is 1. The number of primary amides is 1. The van der Waals surface area contributed by atoms with Crippen molar-refractivity contribution in [3.63, 3.8) is 0 Å². The van der Waals surface area contributed by atoms with E-state index in [1.165, 1.54) is 6.08 Å². The van der Waals surface area contributed by atoms with Gasteiger partial charge in [-0.3, -0.25) is 9.59 Å². The van der Waals surface area contributed by atoms with E-state index in [2.05, 4.69) is 6.58 Å². The van der Waals surface area contributed by atoms with Gasteiger partial charge in [0.05, 0.1) is 0 Å². The smallest absolute Gasteiger partial charge is 0.267 e. The maximum atomic E-state index is 12.5. The average Bonchev–Trinajstić information content (AvgIpc) is 3.50. The molecule has 2 aliphatic rings. The van der Waals surface area contributed by atoms with Gasteiger partial charge in [0.15, 0.2) is 0 Å². The Kier molecular flexibility index (Phi) is 5.92. The second kappa shape index (κ2) is 9.17. The van der Waals surface area contributed by atoms with Crippen LogP contribution >= 0.6 is 0 Å². The molecule has 0 saturated carbocycles. The van der Waals surface area contributed by atoms with Crippen molar-refractivity contribution in [2.45, 2.75) is 31.7 Å². The van der Waals surface area contributed by atoms with E-state index < -0.39 is 5.91 Å². The van der Waals surface area contributed by atoms with E-state index in [0.29, 0.717) is 36.1 Å². The minimum Gasteiger partial charge on any atom is -0.457 e. The molecule has 7 heteroatoms. The minimum atomic E-state index is -0.478. The highest BCUT2D eigenvalue weighted by Crippen LogP contribution is 2.40. The summed E-state index contributed by atoms with van der Waals surface area (Å²) in [5, 5.41) is 0. The third-order valence-electron chi connectivity index (χ3n) is 6.85. The molecule has 174 valence electrons. The highest BCUT2D eigenvalue weighted by molar-refractivity contribution is 5.97. The Morgan fingerprint density at radius 2 is 1.76 bits per heavy atom. The number of nitrogens with zero attached hydrogens (tertiary/aromatic N) is 3. The van der Waals surface area contributed by atoms with Crippen LogP contribution < -0.4 is 10.5 Å². The average molecular weight is 457 g/mol. The summed E-state index contributed by atoms with van der Waals surface area (Å²) in [5.41, 5.74) is 7.73. The van der Waals surface area contributed by atoms with Crippen molar-refractivity contribution in [3.8, 4) is 22.8 Å². The van der Waals surface area contributed by atoms with Crippen molar-refractivity contribution in [3.05, 3.63) is 78.8 Å². The quantitative estimate of drug-likeness (QED) is 0.558. The molecule has 2 aromatic carbocycles. The summed E-state index contributed by atoms with van der Waals surface area (Å²) in [6, 6.07) is 17.2. The fourth-order valence-electron chi connectivity index (χ4n) is 5.23. The Balaban J connectivity index is 1.45. The first-order valence-electron chi connectivity index (χ1n) is 11.7. The number of hydrogen-bond donors (Lipinski definition) is 1. The molecule has 1 saturated heterocycles. The number of rotatable bonds is 6. The van der Waals surface area contributed by atoms with Gasteiger partial charge in [0, 0.05) is 31.1 Å². The van der Waals surface area contributed by atoms with Gasteiger partial charge in [-0.2, -0.15) is 0 Å². The standard InChI is InChI=1S/C27H28N4O3/c1-2-23(32)30-16-14-19(17-30)22-9-6-15-31-25(26(28)33)24(29-27(22)31)18-10-12-21(13-11-18)34-20-7-4-3-5-8-20/h2-5,7-8,10-13,19,22H,1,6,9,14-17H2,(H2,28,33). The van der Waals surface area contributed by atoms with Crippen LogP contribution in [0.5, 0.6) is 11.5 Å². The first kappa shape index (κ1) is 21.9. The summed E-state index contributed by atoms with van der Waals surface area (Å²) in [7, 11) is 0. The molecule has 2 atom stereocenters. The zero-order valence-electron chi connectivity index (χ0n) is 19.0. The molecule has 34 heavy (non-hydrogen) atoms. The zero-order chi connectivity index (χ0) is 23.7. The van der Waals surface area contributed by atoms with E-state index in [4.69, 9.17) is 15.5 Å². The van der Waals surface area contributed by atoms with Gasteiger partial charge in [-0.15, -0.1) is 0 Å². The Bertz CT molecular complexity index is 1220. The second-order valence-electron chi connectivity index (χ2n) is 8.91. The second-order valence-corrected chi connectivity index (χ2v) is 8.91. The summed E-state index contributed by atoms with van der Waals surface area (Å²) in [6.45, 7) is 5.74. The maximum Gasteiger partial charge on any atom is 0.267 e. The van der Waals surface area contributed by atoms with Crippen LogP contribution in [0.1, 0.15) is 41.5 Å². The molecule has 0 aliphatic carbocycles. The van der Waals surface area contributed by atoms with Crippen molar-refractivity contribution < 1.29 is 14.3 Å². The number of amides is 2. The van der Waals surface area contributed by atoms with E-state index in [9.17, 15) is 9.59 Å². The van der Waals surface area contributed by atoms with Gasteiger partial charge in [-0.05, 0) is 67.7 Å². The highest BCUT2D eigenvalue weighted by Gasteiger charge is 2.37. The van der Waals surface area contributed by atoms with Crippen LogP contribution in [0.2, 0.25) is 0 Å². The Hall–Kier alpha value is -3.87. The SMILES string of the molecule is C=CC(=O)N1CCC(C2CCCn3c2nc(-c2ccc(Oc4ccccc4)cc2)c3C(N)=O)C1. The van der Waals surface area contributed by atoms with E-state index in [1.54, 1.807) is 0 Å². The lowest BCUT2D eigenvalue weighted by Gasteiger charge is -2.28. The van der Waals surface area contributed by atoms with E-state index in [-0.39, 0.29) is 11.8 Å². The Labute approximate surface area is 198 Å². The number of para-hydroxylation sites is 1. The molecule has 0 spiro atoms. The fourth-order valence-corrected chi connectivity index (χ4v) is 5.23. The topological polar surface area (TPSA) is 90.4 Å². The van der Waals surface area contributed by atoms with Crippen molar-refractivity contribution in [1.29, 1.82) is 0 Å². The summed E-state index contributed by atoms with van der Waals surface area (Å²) in [5.74, 6) is 2.35. The molecule has 1 aromatic heterocycles. The summed E-state index contributed by atoms with van der Waals surface area (Å²) >= 11 is 0. The molecule has 2 aliphatic heterocycles. The largest absolute Gasteiger partial charge is 0.457 e. The number of fused-ring (bicyclic) bond motifs is 1. The number of carbonyl (C=O) groups excluding carboxylic acids is 2. The van der Waals surface area contributed by atoms with Crippen LogP contribution in [0.4, 0.5) is 0 Å². The van der Waals surface area contributed by atoms with E-state index >= 15 is 0 Å². The zero-order valence-corrected chi connectivity index (χ0v) is 19.0. The molecule has 2 amide bonds. The molecule has 3 heterocycles. The Morgan fingerprint density at radius 1 is 1.03 bits per heavy atom. The fraction of sp³-hybridized carbons (Fsp3) is 0.296. The lowest BCUT2D eigenvalue weighted by molar-refractivity contribution is -0.125. The third-order valence-corrected chi connectivity index (χ3v) is 6.85. The molecule has 3 aromatic rings. The van der Waals surface area contributed by atoms with Crippen LogP contribution in [0.25, 0.3) is 11.3 Å². The van der Waals surface area contributed by atoms with Gasteiger partial charge < -0.3 is 19.9 Å². The number of hydrogen-bond acceptors (Lipinski definition) is 4. The number of likely N-dealkylation sites (tertiary alicyclic amines) is 1. The summed E-state index contributed by atoms with van der Waals surface area (Å²) in [4.78, 5) is 31.4. The third kappa shape index (κ3) is 4.09. The molecule has 0 bridgehead atoms. The summed E-state index contributed by atoms with van der Waals surface area (Å²) in [6.07, 6.45) is 4.23. The van der Waals surface area contributed by atoms with Crippen molar-refractivity contribution >= 4 is 11.8 Å². The maximum absolute atomic E-state index is 12.5. The number of ether oxygens (including phenoxy) is 1. The minimum absolute atomic E-state index is 0.0297. The summed E-state index contributed by atoms with van der Waals surface area (Å²) < 4.78 is 7.89. The van der Waals surface area contributed by atoms with Gasteiger partial charge in [0.1, 0.15) is 28.7 Å². The van der Waals surface area contributed by atoms with E-state index in [1.807, 2.05) is 64.1 Å². The number of aromatic nitrogens is 2. The molecule has 1 fully saturated rings. The number of carbonyl (C=O) groups is 2. The molecule has 0 radical (unpaired) electrons. The lowest BCUT2D eigenvalue weighted by Crippen LogP contribution is -2.30. The predicted octanol–water partition coefficient (Wildman–Crippen LogP) is 4.35.